The Balaban J connectivity index is 0. The van der Waals surface area contributed by atoms with Crippen molar-refractivity contribution in [3.63, 3.8) is 0 Å². The molecular weight excluding hydrogens is 431 g/mol. The van der Waals surface area contributed by atoms with Gasteiger partial charge in [-0.15, -0.1) is 0 Å². The summed E-state index contributed by atoms with van der Waals surface area (Å²) in [5, 5.41) is 0. The topological polar surface area (TPSA) is 66.4 Å². The van der Waals surface area contributed by atoms with Crippen molar-refractivity contribution in [2.45, 2.75) is 142 Å². The van der Waals surface area contributed by atoms with E-state index in [0.29, 0.717) is 0 Å². The van der Waals surface area contributed by atoms with Gasteiger partial charge in [-0.1, -0.05) is 135 Å². The average Bonchev–Trinajstić information content (AvgIpc) is 2.73. The Labute approximate surface area is 223 Å². The second-order valence-corrected chi connectivity index (χ2v) is 10.2. The third kappa shape index (κ3) is 28.6. The molecule has 6 heteroatoms. The third-order valence-corrected chi connectivity index (χ3v) is 6.41. The van der Waals surface area contributed by atoms with Crippen LogP contribution in [-0.4, -0.2) is 19.6 Å². The Bertz CT molecular complexity index is 494. The van der Waals surface area contributed by atoms with Crippen LogP contribution in [-0.2, 0) is 14.6 Å². The minimum absolute atomic E-state index is 0. The molecule has 0 amide bonds. The van der Waals surface area contributed by atoms with Crippen molar-refractivity contribution in [2.24, 2.45) is 5.92 Å². The summed E-state index contributed by atoms with van der Waals surface area (Å²) in [6.07, 6.45) is 29.5. The molecule has 1 unspecified atom stereocenters. The molecule has 0 N–H and O–H groups in total. The van der Waals surface area contributed by atoms with Crippen molar-refractivity contribution in [3.05, 3.63) is 12.2 Å². The van der Waals surface area contributed by atoms with E-state index in [1.54, 1.807) is 0 Å². The molecule has 0 fully saturated rings. The smallest absolute Gasteiger partial charge is 0.726 e. The fourth-order valence-corrected chi connectivity index (χ4v) is 4.33. The van der Waals surface area contributed by atoms with E-state index < -0.39 is 10.4 Å². The van der Waals surface area contributed by atoms with Crippen molar-refractivity contribution in [3.8, 4) is 0 Å². The maximum Gasteiger partial charge on any atom is 1.00 e. The second-order valence-electron chi connectivity index (χ2n) is 9.12. The van der Waals surface area contributed by atoms with Crippen molar-refractivity contribution >= 4 is 10.4 Å². The molecule has 4 nitrogen and oxygen atoms in total. The second kappa shape index (κ2) is 26.2. The Morgan fingerprint density at radius 1 is 0.688 bits per heavy atom. The first-order valence-electron chi connectivity index (χ1n) is 13.3. The van der Waals surface area contributed by atoms with Crippen LogP contribution in [0, 0.1) is 5.92 Å². The predicted octanol–water partition coefficient (Wildman–Crippen LogP) is 5.48. The fraction of sp³-hybridized carbons (Fsp3) is 0.923. The Morgan fingerprint density at radius 3 is 1.53 bits per heavy atom. The van der Waals surface area contributed by atoms with Crippen molar-refractivity contribution in [1.29, 1.82) is 0 Å². The maximum absolute atomic E-state index is 10.8. The summed E-state index contributed by atoms with van der Waals surface area (Å²) in [5.41, 5.74) is 0. The van der Waals surface area contributed by atoms with E-state index in [1.807, 2.05) is 0 Å². The van der Waals surface area contributed by atoms with Gasteiger partial charge in [0.15, 0.2) is 0 Å². The van der Waals surface area contributed by atoms with E-state index in [4.69, 9.17) is 0 Å². The molecule has 1 atom stereocenters. The molecule has 0 aliphatic rings. The average molecular weight is 483 g/mol. The molecule has 0 bridgehead atoms. The molecule has 0 aromatic carbocycles. The van der Waals surface area contributed by atoms with Gasteiger partial charge >= 0.3 is 29.6 Å². The Kier molecular flexibility index (Phi) is 28.5. The van der Waals surface area contributed by atoms with E-state index in [0.717, 1.165) is 25.7 Å². The SMILES string of the molecule is CCCCCCCCCCCCCC/C=C/C(CCCCCCCC)COS(=O)(=O)[O-].[Na+]. The minimum Gasteiger partial charge on any atom is -0.726 e. The first kappa shape index (κ1) is 34.8. The molecule has 0 aliphatic carbocycles. The molecule has 0 aromatic heterocycles. The van der Waals surface area contributed by atoms with Gasteiger partial charge in [-0.05, 0) is 19.3 Å². The molecule has 0 saturated heterocycles. The van der Waals surface area contributed by atoms with Crippen LogP contribution in [0.5, 0.6) is 0 Å². The van der Waals surface area contributed by atoms with Crippen molar-refractivity contribution in [2.75, 3.05) is 6.61 Å². The van der Waals surface area contributed by atoms with Crippen LogP contribution >= 0.6 is 0 Å². The van der Waals surface area contributed by atoms with Gasteiger partial charge in [-0.25, -0.2) is 8.42 Å². The summed E-state index contributed by atoms with van der Waals surface area (Å²) in [4.78, 5) is 0. The van der Waals surface area contributed by atoms with Crippen LogP contribution in [0.15, 0.2) is 12.2 Å². The quantitative estimate of drug-likeness (QED) is 0.0600. The summed E-state index contributed by atoms with van der Waals surface area (Å²) in [6.45, 7) is 4.45. The number of unbranched alkanes of at least 4 members (excludes halogenated alkanes) is 17. The zero-order valence-electron chi connectivity index (χ0n) is 21.6. The molecule has 0 heterocycles. The number of hydrogen-bond donors (Lipinski definition) is 0. The van der Waals surface area contributed by atoms with Gasteiger partial charge in [-0.2, -0.15) is 0 Å². The normalized spacial score (nSPS) is 12.8. The molecule has 0 spiro atoms. The van der Waals surface area contributed by atoms with Gasteiger partial charge in [0.25, 0.3) is 0 Å². The predicted molar refractivity (Wildman–Crippen MR) is 132 cm³/mol. The van der Waals surface area contributed by atoms with Gasteiger partial charge in [-0.3, -0.25) is 4.18 Å². The molecular formula is C26H51NaO4S. The Morgan fingerprint density at radius 2 is 1.09 bits per heavy atom. The molecule has 0 aliphatic heterocycles. The summed E-state index contributed by atoms with van der Waals surface area (Å²) in [6, 6.07) is 0. The van der Waals surface area contributed by atoms with Gasteiger partial charge in [0.2, 0.25) is 10.4 Å². The summed E-state index contributed by atoms with van der Waals surface area (Å²) >= 11 is 0. The van der Waals surface area contributed by atoms with Crippen molar-refractivity contribution in [1.82, 2.24) is 0 Å². The van der Waals surface area contributed by atoms with Crippen LogP contribution in [0.2, 0.25) is 0 Å². The molecule has 0 rings (SSSR count). The van der Waals surface area contributed by atoms with Gasteiger partial charge in [0.1, 0.15) is 0 Å². The molecule has 32 heavy (non-hydrogen) atoms. The zero-order chi connectivity index (χ0) is 23.0. The summed E-state index contributed by atoms with van der Waals surface area (Å²) < 4.78 is 36.9. The Hall–Kier alpha value is 0.610. The largest absolute Gasteiger partial charge is 1.00 e. The number of allylic oxidation sites excluding steroid dienone is 1. The molecule has 0 saturated carbocycles. The first-order valence-corrected chi connectivity index (χ1v) is 14.6. The zero-order valence-corrected chi connectivity index (χ0v) is 24.4. The standard InChI is InChI=1S/C26H52O4S.Na/c1-3-5-7-9-11-12-13-14-15-16-17-18-20-22-24-26(25-30-31(27,28)29)23-21-19-10-8-6-4-2;/h22,24,26H,3-21,23,25H2,1-2H3,(H,27,28,29);/q;+1/p-1/b24-22+;. The van der Waals surface area contributed by atoms with Gasteiger partial charge in [0.05, 0.1) is 6.61 Å². The van der Waals surface area contributed by atoms with Crippen LogP contribution in [0.1, 0.15) is 142 Å². The van der Waals surface area contributed by atoms with Crippen LogP contribution in [0.25, 0.3) is 0 Å². The fourth-order valence-electron chi connectivity index (χ4n) is 3.98. The van der Waals surface area contributed by atoms with Crippen LogP contribution < -0.4 is 29.6 Å². The van der Waals surface area contributed by atoms with E-state index in [2.05, 4.69) is 30.2 Å². The van der Waals surface area contributed by atoms with Gasteiger partial charge in [0, 0.05) is 5.92 Å². The molecule has 0 radical (unpaired) electrons. The summed E-state index contributed by atoms with van der Waals surface area (Å²) in [5.74, 6) is 0.0206. The molecule has 0 aromatic rings. The minimum atomic E-state index is -4.60. The molecule has 186 valence electrons. The van der Waals surface area contributed by atoms with Crippen molar-refractivity contribution < 1.29 is 46.7 Å². The number of hydrogen-bond acceptors (Lipinski definition) is 4. The summed E-state index contributed by atoms with van der Waals surface area (Å²) in [7, 11) is -4.60. The maximum atomic E-state index is 10.8. The first-order chi connectivity index (χ1) is 15.0. The van der Waals surface area contributed by atoms with E-state index in [-0.39, 0.29) is 42.1 Å². The van der Waals surface area contributed by atoms with Gasteiger partial charge < -0.3 is 4.55 Å². The monoisotopic (exact) mass is 482 g/mol. The van der Waals surface area contributed by atoms with E-state index in [1.165, 1.54) is 103 Å². The van der Waals surface area contributed by atoms with Crippen LogP contribution in [0.3, 0.4) is 0 Å². The van der Waals surface area contributed by atoms with Crippen LogP contribution in [0.4, 0.5) is 0 Å². The van der Waals surface area contributed by atoms with E-state index >= 15 is 0 Å². The third-order valence-electron chi connectivity index (χ3n) is 5.99. The van der Waals surface area contributed by atoms with E-state index in [9.17, 15) is 13.0 Å². The number of rotatable bonds is 24.